The summed E-state index contributed by atoms with van der Waals surface area (Å²) < 4.78 is 10.2. The lowest BCUT2D eigenvalue weighted by Crippen LogP contribution is -2.39. The van der Waals surface area contributed by atoms with Gasteiger partial charge in [-0.05, 0) is 57.1 Å². The van der Waals surface area contributed by atoms with Gasteiger partial charge in [-0.15, -0.1) is 0 Å². The van der Waals surface area contributed by atoms with Crippen molar-refractivity contribution in [2.24, 2.45) is 5.11 Å². The number of amides is 1. The monoisotopic (exact) mass is 284 g/mol. The van der Waals surface area contributed by atoms with Crippen LogP contribution in [0.25, 0.3) is 10.4 Å². The van der Waals surface area contributed by atoms with Crippen LogP contribution in [-0.4, -0.2) is 29.9 Å². The summed E-state index contributed by atoms with van der Waals surface area (Å²) in [6.45, 7) is 4.85. The molecule has 8 heteroatoms. The number of hydrogen-bond donors (Lipinski definition) is 1. The highest BCUT2D eigenvalue weighted by Crippen LogP contribution is 2.34. The van der Waals surface area contributed by atoms with E-state index in [9.17, 15) is 9.59 Å². The summed E-state index contributed by atoms with van der Waals surface area (Å²) >= 11 is 0. The second-order valence-electron chi connectivity index (χ2n) is 5.67. The second-order valence-corrected chi connectivity index (χ2v) is 5.67. The van der Waals surface area contributed by atoms with Gasteiger partial charge in [0, 0.05) is 4.91 Å². The Morgan fingerprint density at radius 1 is 1.35 bits per heavy atom. The van der Waals surface area contributed by atoms with Crippen molar-refractivity contribution in [3.05, 3.63) is 10.4 Å². The molecule has 1 aliphatic carbocycles. The van der Waals surface area contributed by atoms with E-state index in [-0.39, 0.29) is 6.54 Å². The van der Waals surface area contributed by atoms with Crippen LogP contribution in [-0.2, 0) is 14.3 Å². The molecular formula is C12H20N4O4. The van der Waals surface area contributed by atoms with E-state index in [1.165, 1.54) is 0 Å². The molecule has 0 atom stereocenters. The second kappa shape index (κ2) is 6.47. The van der Waals surface area contributed by atoms with E-state index in [1.807, 2.05) is 0 Å². The zero-order valence-electron chi connectivity index (χ0n) is 12.0. The lowest BCUT2D eigenvalue weighted by Gasteiger charge is -2.23. The van der Waals surface area contributed by atoms with Gasteiger partial charge < -0.3 is 14.8 Å². The van der Waals surface area contributed by atoms with Crippen LogP contribution in [0, 0.1) is 0 Å². The molecule has 8 nitrogen and oxygen atoms in total. The zero-order chi connectivity index (χ0) is 15.2. The van der Waals surface area contributed by atoms with Crippen LogP contribution in [0.2, 0.25) is 0 Å². The summed E-state index contributed by atoms with van der Waals surface area (Å²) in [4.78, 5) is 25.8. The standard InChI is InChI=1S/C12H20N4O4/c1-11(2,3)20-10(18)14-8-9(17)19-12(15-16-13)6-4-5-7-12/h4-8H2,1-3H3,(H,14,18). The Morgan fingerprint density at radius 3 is 2.45 bits per heavy atom. The number of carbonyl (C=O) groups excluding carboxylic acids is 2. The van der Waals surface area contributed by atoms with Gasteiger partial charge in [0.2, 0.25) is 0 Å². The third-order valence-electron chi connectivity index (χ3n) is 2.69. The third kappa shape index (κ3) is 5.36. The molecule has 1 aliphatic rings. The molecule has 1 saturated carbocycles. The SMILES string of the molecule is CC(C)(C)OC(=O)NCC(=O)OC1(N=[N+]=[N-])CCCC1. The molecule has 0 heterocycles. The predicted octanol–water partition coefficient (Wildman–Crippen LogP) is 2.63. The van der Waals surface area contributed by atoms with Crippen molar-refractivity contribution in [1.82, 2.24) is 5.32 Å². The number of ether oxygens (including phenoxy) is 2. The van der Waals surface area contributed by atoms with Crippen molar-refractivity contribution in [2.75, 3.05) is 6.54 Å². The van der Waals surface area contributed by atoms with Crippen LogP contribution in [0.4, 0.5) is 4.79 Å². The van der Waals surface area contributed by atoms with E-state index in [1.54, 1.807) is 20.8 Å². The molecule has 0 radical (unpaired) electrons. The Labute approximate surface area is 117 Å². The molecule has 1 rings (SSSR count). The number of esters is 1. The largest absolute Gasteiger partial charge is 0.452 e. The van der Waals surface area contributed by atoms with E-state index < -0.39 is 23.4 Å². The summed E-state index contributed by atoms with van der Waals surface area (Å²) in [6.07, 6.45) is 2.00. The Hall–Kier alpha value is -1.95. The molecule has 0 aromatic heterocycles. The number of nitrogens with one attached hydrogen (secondary N) is 1. The highest BCUT2D eigenvalue weighted by Gasteiger charge is 2.37. The van der Waals surface area contributed by atoms with E-state index in [0.717, 1.165) is 12.8 Å². The van der Waals surface area contributed by atoms with Crippen LogP contribution in [0.3, 0.4) is 0 Å². The molecule has 0 spiro atoms. The van der Waals surface area contributed by atoms with Crippen molar-refractivity contribution < 1.29 is 19.1 Å². The number of azide groups is 1. The molecular weight excluding hydrogens is 264 g/mol. The van der Waals surface area contributed by atoms with Crippen LogP contribution in [0.1, 0.15) is 46.5 Å². The molecule has 0 aromatic carbocycles. The fourth-order valence-electron chi connectivity index (χ4n) is 1.94. The minimum atomic E-state index is -1.10. The fraction of sp³-hybridized carbons (Fsp3) is 0.833. The van der Waals surface area contributed by atoms with Gasteiger partial charge in [0.25, 0.3) is 0 Å². The van der Waals surface area contributed by atoms with Gasteiger partial charge in [0.05, 0.1) is 0 Å². The van der Waals surface area contributed by atoms with Gasteiger partial charge in [-0.2, -0.15) is 0 Å². The summed E-state index contributed by atoms with van der Waals surface area (Å²) in [5.74, 6) is -0.648. The maximum Gasteiger partial charge on any atom is 0.408 e. The quantitative estimate of drug-likeness (QED) is 0.370. The van der Waals surface area contributed by atoms with Crippen molar-refractivity contribution >= 4 is 12.1 Å². The van der Waals surface area contributed by atoms with Crippen LogP contribution < -0.4 is 5.32 Å². The average molecular weight is 284 g/mol. The average Bonchev–Trinajstić information content (AvgIpc) is 2.73. The fourth-order valence-corrected chi connectivity index (χ4v) is 1.94. The third-order valence-corrected chi connectivity index (χ3v) is 2.69. The van der Waals surface area contributed by atoms with Crippen LogP contribution in [0.15, 0.2) is 5.11 Å². The van der Waals surface area contributed by atoms with Crippen molar-refractivity contribution in [3.63, 3.8) is 0 Å². The minimum absolute atomic E-state index is 0.322. The highest BCUT2D eigenvalue weighted by atomic mass is 16.6. The zero-order valence-corrected chi connectivity index (χ0v) is 12.0. The van der Waals surface area contributed by atoms with Crippen LogP contribution in [0.5, 0.6) is 0 Å². The van der Waals surface area contributed by atoms with Gasteiger partial charge >= 0.3 is 12.1 Å². The Kier molecular flexibility index (Phi) is 5.21. The number of rotatable bonds is 4. The van der Waals surface area contributed by atoms with Crippen molar-refractivity contribution in [1.29, 1.82) is 0 Å². The first-order valence-electron chi connectivity index (χ1n) is 6.51. The first kappa shape index (κ1) is 16.1. The number of hydrogen-bond acceptors (Lipinski definition) is 5. The van der Waals surface area contributed by atoms with E-state index in [0.29, 0.717) is 12.8 Å². The molecule has 0 aliphatic heterocycles. The van der Waals surface area contributed by atoms with E-state index in [2.05, 4.69) is 15.3 Å². The van der Waals surface area contributed by atoms with Crippen molar-refractivity contribution in [3.8, 4) is 0 Å². The van der Waals surface area contributed by atoms with Gasteiger partial charge in [-0.25, -0.2) is 4.79 Å². The van der Waals surface area contributed by atoms with Gasteiger partial charge in [0.15, 0.2) is 5.72 Å². The normalized spacial score (nSPS) is 16.9. The summed E-state index contributed by atoms with van der Waals surface area (Å²) in [5.41, 5.74) is 6.80. The number of alkyl carbamates (subject to hydrolysis) is 1. The Bertz CT molecular complexity index is 418. The van der Waals surface area contributed by atoms with Gasteiger partial charge in [-0.3, -0.25) is 4.79 Å². The number of nitrogens with zero attached hydrogens (tertiary/aromatic N) is 3. The Balaban J connectivity index is 2.43. The molecule has 0 saturated heterocycles. The predicted molar refractivity (Wildman–Crippen MR) is 70.7 cm³/mol. The molecule has 1 amide bonds. The highest BCUT2D eigenvalue weighted by molar-refractivity contribution is 5.78. The number of carbonyl (C=O) groups is 2. The molecule has 1 N–H and O–H groups in total. The lowest BCUT2D eigenvalue weighted by molar-refractivity contribution is -0.157. The summed E-state index contributed by atoms with van der Waals surface area (Å²) in [6, 6.07) is 0. The van der Waals surface area contributed by atoms with E-state index >= 15 is 0 Å². The molecule has 112 valence electrons. The molecule has 20 heavy (non-hydrogen) atoms. The van der Waals surface area contributed by atoms with E-state index in [4.69, 9.17) is 15.0 Å². The van der Waals surface area contributed by atoms with Crippen LogP contribution >= 0.6 is 0 Å². The molecule has 0 aromatic rings. The maximum atomic E-state index is 11.7. The minimum Gasteiger partial charge on any atom is -0.452 e. The molecule has 0 unspecified atom stereocenters. The molecule has 0 bridgehead atoms. The molecule has 1 fully saturated rings. The maximum absolute atomic E-state index is 11.7. The summed E-state index contributed by atoms with van der Waals surface area (Å²) in [7, 11) is 0. The van der Waals surface area contributed by atoms with Gasteiger partial charge in [0.1, 0.15) is 12.1 Å². The van der Waals surface area contributed by atoms with Crippen molar-refractivity contribution in [2.45, 2.75) is 57.8 Å². The van der Waals surface area contributed by atoms with Gasteiger partial charge in [-0.1, -0.05) is 0 Å². The first-order chi connectivity index (χ1) is 9.26. The Morgan fingerprint density at radius 2 is 1.95 bits per heavy atom. The first-order valence-corrected chi connectivity index (χ1v) is 6.51. The lowest BCUT2D eigenvalue weighted by atomic mass is 10.2. The summed E-state index contributed by atoms with van der Waals surface area (Å²) in [5, 5.41) is 5.88. The topological polar surface area (TPSA) is 113 Å². The smallest absolute Gasteiger partial charge is 0.408 e.